The van der Waals surface area contributed by atoms with Crippen molar-refractivity contribution in [1.29, 1.82) is 0 Å². The Kier molecular flexibility index (Phi) is 6.21. The molecule has 0 fully saturated rings. The largest absolute Gasteiger partial charge is 0.365 e. The quantitative estimate of drug-likeness (QED) is 0.724. The van der Waals surface area contributed by atoms with Crippen LogP contribution in [-0.4, -0.2) is 49.0 Å². The van der Waals surface area contributed by atoms with E-state index in [1.54, 1.807) is 0 Å². The highest BCUT2D eigenvalue weighted by Gasteiger charge is 2.21. The molecule has 0 saturated carbocycles. The van der Waals surface area contributed by atoms with Crippen LogP contribution in [0.1, 0.15) is 26.7 Å². The molecule has 0 amide bonds. The maximum absolute atomic E-state index is 4.53. The van der Waals surface area contributed by atoms with Crippen LogP contribution in [0.2, 0.25) is 0 Å². The van der Waals surface area contributed by atoms with Crippen molar-refractivity contribution in [3.8, 4) is 0 Å². The Morgan fingerprint density at radius 2 is 2.19 bits per heavy atom. The molecule has 0 aromatic rings. The van der Waals surface area contributed by atoms with Crippen molar-refractivity contribution >= 4 is 16.9 Å². The van der Waals surface area contributed by atoms with Crippen LogP contribution in [0.25, 0.3) is 0 Å². The zero-order valence-corrected chi connectivity index (χ0v) is 11.8. The van der Waals surface area contributed by atoms with Gasteiger partial charge in [0.2, 0.25) is 0 Å². The van der Waals surface area contributed by atoms with Gasteiger partial charge in [-0.25, -0.2) is 0 Å². The summed E-state index contributed by atoms with van der Waals surface area (Å²) in [6, 6.07) is 0. The number of hydrogen-bond donors (Lipinski definition) is 1. The summed E-state index contributed by atoms with van der Waals surface area (Å²) in [5.41, 5.74) is 0. The number of nitrogens with zero attached hydrogens (tertiary/aromatic N) is 2. The van der Waals surface area contributed by atoms with Gasteiger partial charge in [0.05, 0.1) is 6.54 Å². The molecule has 1 rings (SSSR count). The van der Waals surface area contributed by atoms with E-state index in [0.29, 0.717) is 5.25 Å². The molecule has 1 N–H and O–H groups in total. The number of rotatable bonds is 6. The smallest absolute Gasteiger partial charge is 0.156 e. The average molecular weight is 243 g/mol. The second-order valence-electron chi connectivity index (χ2n) is 4.98. The second kappa shape index (κ2) is 7.17. The molecule has 1 unspecified atom stereocenters. The Morgan fingerprint density at radius 1 is 1.44 bits per heavy atom. The topological polar surface area (TPSA) is 27.6 Å². The minimum atomic E-state index is 0.685. The molecule has 0 saturated heterocycles. The summed E-state index contributed by atoms with van der Waals surface area (Å²) in [4.78, 5) is 6.76. The van der Waals surface area contributed by atoms with Crippen LogP contribution in [0, 0.1) is 5.92 Å². The first kappa shape index (κ1) is 13.8. The highest BCUT2D eigenvalue weighted by atomic mass is 32.2. The van der Waals surface area contributed by atoms with Gasteiger partial charge in [0, 0.05) is 11.8 Å². The number of amidine groups is 1. The SMILES string of the molecule is CC(C)C1CN=C(NCCCCN(C)C)S1. The van der Waals surface area contributed by atoms with Crippen LogP contribution >= 0.6 is 11.8 Å². The van der Waals surface area contributed by atoms with E-state index in [9.17, 15) is 0 Å². The lowest BCUT2D eigenvalue weighted by Crippen LogP contribution is -2.22. The maximum Gasteiger partial charge on any atom is 0.156 e. The molecular formula is C12H25N3S. The molecule has 3 nitrogen and oxygen atoms in total. The lowest BCUT2D eigenvalue weighted by atomic mass is 10.1. The van der Waals surface area contributed by atoms with Crippen molar-refractivity contribution < 1.29 is 0 Å². The van der Waals surface area contributed by atoms with Gasteiger partial charge < -0.3 is 10.2 Å². The zero-order valence-electron chi connectivity index (χ0n) is 11.0. The Bertz CT molecular complexity index is 226. The Labute approximate surface area is 104 Å². The molecule has 0 bridgehead atoms. The Morgan fingerprint density at radius 3 is 2.75 bits per heavy atom. The van der Waals surface area contributed by atoms with Crippen molar-refractivity contribution in [1.82, 2.24) is 10.2 Å². The van der Waals surface area contributed by atoms with Crippen LogP contribution in [0.5, 0.6) is 0 Å². The molecule has 0 aromatic heterocycles. The van der Waals surface area contributed by atoms with Crippen LogP contribution in [0.3, 0.4) is 0 Å². The lowest BCUT2D eigenvalue weighted by Gasteiger charge is -2.12. The molecule has 0 spiro atoms. The van der Waals surface area contributed by atoms with Gasteiger partial charge in [-0.1, -0.05) is 25.6 Å². The van der Waals surface area contributed by atoms with Gasteiger partial charge in [-0.15, -0.1) is 0 Å². The fourth-order valence-corrected chi connectivity index (χ4v) is 2.63. The van der Waals surface area contributed by atoms with Gasteiger partial charge in [0.25, 0.3) is 0 Å². The van der Waals surface area contributed by atoms with E-state index in [-0.39, 0.29) is 0 Å². The zero-order chi connectivity index (χ0) is 12.0. The van der Waals surface area contributed by atoms with E-state index in [1.807, 2.05) is 11.8 Å². The molecule has 1 heterocycles. The Hall–Kier alpha value is -0.220. The first-order chi connectivity index (χ1) is 7.59. The standard InChI is InChI=1S/C12H25N3S/c1-10(2)11-9-14-12(16-11)13-7-5-6-8-15(3)4/h10-11H,5-9H2,1-4H3,(H,13,14). The van der Waals surface area contributed by atoms with Gasteiger partial charge in [0.1, 0.15) is 0 Å². The number of nitrogens with one attached hydrogen (secondary N) is 1. The predicted molar refractivity (Wildman–Crippen MR) is 74.3 cm³/mol. The van der Waals surface area contributed by atoms with Crippen molar-refractivity contribution in [2.45, 2.75) is 31.9 Å². The van der Waals surface area contributed by atoms with Crippen molar-refractivity contribution in [2.24, 2.45) is 10.9 Å². The molecule has 0 radical (unpaired) electrons. The van der Waals surface area contributed by atoms with Crippen LogP contribution in [0.4, 0.5) is 0 Å². The van der Waals surface area contributed by atoms with E-state index in [0.717, 1.165) is 24.2 Å². The predicted octanol–water partition coefficient (Wildman–Crippen LogP) is 2.05. The Balaban J connectivity index is 2.02. The first-order valence-corrected chi connectivity index (χ1v) is 7.07. The van der Waals surface area contributed by atoms with Crippen molar-refractivity contribution in [2.75, 3.05) is 33.7 Å². The number of thioether (sulfide) groups is 1. The van der Waals surface area contributed by atoms with Crippen LogP contribution in [-0.2, 0) is 0 Å². The van der Waals surface area contributed by atoms with Crippen LogP contribution < -0.4 is 5.32 Å². The summed E-state index contributed by atoms with van der Waals surface area (Å²) < 4.78 is 0. The summed E-state index contributed by atoms with van der Waals surface area (Å²) in [5, 5.41) is 5.28. The van der Waals surface area contributed by atoms with E-state index in [2.05, 4.69) is 43.2 Å². The third-order valence-corrected chi connectivity index (χ3v) is 4.22. The maximum atomic E-state index is 4.53. The van der Waals surface area contributed by atoms with E-state index in [1.165, 1.54) is 19.4 Å². The molecule has 1 aliphatic heterocycles. The average Bonchev–Trinajstić information content (AvgIpc) is 2.65. The minimum absolute atomic E-state index is 0.685. The summed E-state index contributed by atoms with van der Waals surface area (Å²) in [5.74, 6) is 0.724. The molecule has 94 valence electrons. The highest BCUT2D eigenvalue weighted by molar-refractivity contribution is 8.14. The van der Waals surface area contributed by atoms with Crippen LogP contribution in [0.15, 0.2) is 4.99 Å². The monoisotopic (exact) mass is 243 g/mol. The molecule has 4 heteroatoms. The lowest BCUT2D eigenvalue weighted by molar-refractivity contribution is 0.394. The molecule has 1 atom stereocenters. The van der Waals surface area contributed by atoms with Gasteiger partial charge >= 0.3 is 0 Å². The second-order valence-corrected chi connectivity index (χ2v) is 6.21. The number of unbranched alkanes of at least 4 members (excludes halogenated alkanes) is 1. The van der Waals surface area contributed by atoms with Gasteiger partial charge in [-0.05, 0) is 39.4 Å². The molecule has 16 heavy (non-hydrogen) atoms. The fourth-order valence-electron chi connectivity index (χ4n) is 1.58. The fraction of sp³-hybridized carbons (Fsp3) is 0.917. The number of aliphatic imine (C=N–C) groups is 1. The third kappa shape index (κ3) is 5.21. The highest BCUT2D eigenvalue weighted by Crippen LogP contribution is 2.25. The van der Waals surface area contributed by atoms with Gasteiger partial charge in [-0.2, -0.15) is 0 Å². The molecule has 0 aliphatic carbocycles. The van der Waals surface area contributed by atoms with E-state index >= 15 is 0 Å². The summed E-state index contributed by atoms with van der Waals surface area (Å²) in [6.45, 7) is 7.77. The molecule has 1 aliphatic rings. The molecular weight excluding hydrogens is 218 g/mol. The van der Waals surface area contributed by atoms with E-state index < -0.39 is 0 Å². The van der Waals surface area contributed by atoms with Gasteiger partial charge in [-0.3, -0.25) is 4.99 Å². The molecule has 0 aromatic carbocycles. The van der Waals surface area contributed by atoms with Gasteiger partial charge in [0.15, 0.2) is 5.17 Å². The van der Waals surface area contributed by atoms with Crippen molar-refractivity contribution in [3.05, 3.63) is 0 Å². The summed E-state index contributed by atoms with van der Waals surface area (Å²) in [6.07, 6.45) is 2.48. The normalized spacial score (nSPS) is 20.6. The summed E-state index contributed by atoms with van der Waals surface area (Å²) >= 11 is 1.91. The number of hydrogen-bond acceptors (Lipinski definition) is 4. The van der Waals surface area contributed by atoms with Crippen molar-refractivity contribution in [3.63, 3.8) is 0 Å². The third-order valence-electron chi connectivity index (χ3n) is 2.73. The van der Waals surface area contributed by atoms with E-state index in [4.69, 9.17) is 0 Å². The first-order valence-electron chi connectivity index (χ1n) is 6.19. The minimum Gasteiger partial charge on any atom is -0.365 e. The summed E-state index contributed by atoms with van der Waals surface area (Å²) in [7, 11) is 4.25.